The number of benzene rings is 1. The van der Waals surface area contributed by atoms with Crippen molar-refractivity contribution in [1.82, 2.24) is 4.90 Å². The van der Waals surface area contributed by atoms with Gasteiger partial charge in [0.05, 0.1) is 13.5 Å². The van der Waals surface area contributed by atoms with Crippen molar-refractivity contribution in [1.29, 1.82) is 0 Å². The molecule has 22 heavy (non-hydrogen) atoms. The average Bonchev–Trinajstić information content (AvgIpc) is 2.55. The highest BCUT2D eigenvalue weighted by atomic mass is 16.5. The van der Waals surface area contributed by atoms with E-state index < -0.39 is 0 Å². The molecule has 0 aromatic heterocycles. The lowest BCUT2D eigenvalue weighted by molar-refractivity contribution is -0.143. The molecular weight excluding hydrogens is 280 g/mol. The summed E-state index contributed by atoms with van der Waals surface area (Å²) in [6, 6.07) is 6.33. The smallest absolute Gasteiger partial charge is 0.306 e. The molecule has 0 bridgehead atoms. The van der Waals surface area contributed by atoms with Gasteiger partial charge in [-0.2, -0.15) is 0 Å². The van der Waals surface area contributed by atoms with Gasteiger partial charge in [0.25, 0.3) is 0 Å². The molecule has 5 heteroatoms. The van der Waals surface area contributed by atoms with E-state index in [1.165, 1.54) is 23.9 Å². The number of nitrogens with zero attached hydrogens (tertiary/aromatic N) is 2. The number of piperazine rings is 1. The Kier molecular flexibility index (Phi) is 5.41. The molecule has 1 aliphatic rings. The van der Waals surface area contributed by atoms with Gasteiger partial charge in [0, 0.05) is 38.3 Å². The fourth-order valence-electron chi connectivity index (χ4n) is 2.74. The molecule has 0 spiro atoms. The third kappa shape index (κ3) is 3.78. The summed E-state index contributed by atoms with van der Waals surface area (Å²) in [4.78, 5) is 27.4. The van der Waals surface area contributed by atoms with Gasteiger partial charge in [-0.1, -0.05) is 12.1 Å². The van der Waals surface area contributed by atoms with Crippen molar-refractivity contribution >= 4 is 17.6 Å². The number of anilines is 1. The number of carbonyl (C=O) groups excluding carboxylic acids is 2. The molecule has 1 aromatic rings. The number of esters is 1. The van der Waals surface area contributed by atoms with Crippen LogP contribution in [0, 0.1) is 13.8 Å². The maximum absolute atomic E-state index is 12.1. The molecule has 1 aliphatic heterocycles. The van der Waals surface area contributed by atoms with E-state index in [0.717, 1.165) is 13.1 Å². The van der Waals surface area contributed by atoms with E-state index >= 15 is 0 Å². The fourth-order valence-corrected chi connectivity index (χ4v) is 2.74. The number of ether oxygens (including phenoxy) is 1. The van der Waals surface area contributed by atoms with Gasteiger partial charge in [-0.3, -0.25) is 9.59 Å². The predicted octanol–water partition coefficient (Wildman–Crippen LogP) is 1.91. The first-order valence-corrected chi connectivity index (χ1v) is 7.68. The molecule has 0 aliphatic carbocycles. The van der Waals surface area contributed by atoms with Gasteiger partial charge in [0.2, 0.25) is 5.91 Å². The maximum atomic E-state index is 12.1. The first-order chi connectivity index (χ1) is 10.5. The van der Waals surface area contributed by atoms with E-state index in [4.69, 9.17) is 0 Å². The normalized spacial score (nSPS) is 14.9. The number of methoxy groups -OCH3 is 1. The molecule has 1 saturated heterocycles. The number of carbonyl (C=O) groups is 2. The zero-order chi connectivity index (χ0) is 16.1. The van der Waals surface area contributed by atoms with Gasteiger partial charge in [0.1, 0.15) is 0 Å². The summed E-state index contributed by atoms with van der Waals surface area (Å²) in [6.45, 7) is 7.31. The Morgan fingerprint density at radius 1 is 1.09 bits per heavy atom. The first kappa shape index (κ1) is 16.3. The van der Waals surface area contributed by atoms with Crippen LogP contribution in [0.15, 0.2) is 18.2 Å². The summed E-state index contributed by atoms with van der Waals surface area (Å²) >= 11 is 0. The van der Waals surface area contributed by atoms with Crippen molar-refractivity contribution < 1.29 is 14.3 Å². The zero-order valence-corrected chi connectivity index (χ0v) is 13.6. The lowest BCUT2D eigenvalue weighted by Gasteiger charge is -2.37. The Labute approximate surface area is 131 Å². The molecule has 0 saturated carbocycles. The first-order valence-electron chi connectivity index (χ1n) is 7.68. The molecule has 0 radical (unpaired) electrons. The Bertz CT molecular complexity index is 549. The van der Waals surface area contributed by atoms with E-state index in [1.807, 2.05) is 4.90 Å². The van der Waals surface area contributed by atoms with E-state index in [9.17, 15) is 9.59 Å². The van der Waals surface area contributed by atoms with Crippen LogP contribution in [0.3, 0.4) is 0 Å². The summed E-state index contributed by atoms with van der Waals surface area (Å²) in [5.74, 6) is -0.298. The van der Waals surface area contributed by atoms with Gasteiger partial charge >= 0.3 is 5.97 Å². The topological polar surface area (TPSA) is 49.9 Å². The SMILES string of the molecule is COC(=O)CCC(=O)N1CCN(c2cccc(C)c2C)CC1. The molecule has 0 atom stereocenters. The average molecular weight is 304 g/mol. The molecule has 1 heterocycles. The van der Waals surface area contributed by atoms with Crippen molar-refractivity contribution in [2.75, 3.05) is 38.2 Å². The minimum absolute atomic E-state index is 0.0333. The Morgan fingerprint density at radius 3 is 2.41 bits per heavy atom. The van der Waals surface area contributed by atoms with E-state index in [0.29, 0.717) is 13.1 Å². The van der Waals surface area contributed by atoms with Crippen LogP contribution < -0.4 is 4.90 Å². The van der Waals surface area contributed by atoms with Crippen LogP contribution in [0.4, 0.5) is 5.69 Å². The maximum Gasteiger partial charge on any atom is 0.306 e. The van der Waals surface area contributed by atoms with Crippen LogP contribution in [0.1, 0.15) is 24.0 Å². The third-order valence-electron chi connectivity index (χ3n) is 4.32. The summed E-state index contributed by atoms with van der Waals surface area (Å²) in [5, 5.41) is 0. The minimum atomic E-state index is -0.331. The molecule has 2 rings (SSSR count). The number of amides is 1. The zero-order valence-electron chi connectivity index (χ0n) is 13.6. The van der Waals surface area contributed by atoms with Crippen molar-refractivity contribution in [3.05, 3.63) is 29.3 Å². The Hall–Kier alpha value is -2.04. The Balaban J connectivity index is 1.89. The molecular formula is C17H24N2O3. The second-order valence-corrected chi connectivity index (χ2v) is 5.66. The van der Waals surface area contributed by atoms with Gasteiger partial charge < -0.3 is 14.5 Å². The monoisotopic (exact) mass is 304 g/mol. The number of hydrogen-bond donors (Lipinski definition) is 0. The van der Waals surface area contributed by atoms with Crippen molar-refractivity contribution in [2.45, 2.75) is 26.7 Å². The van der Waals surface area contributed by atoms with Crippen molar-refractivity contribution in [3.63, 3.8) is 0 Å². The molecule has 1 fully saturated rings. The van der Waals surface area contributed by atoms with Crippen molar-refractivity contribution in [3.8, 4) is 0 Å². The third-order valence-corrected chi connectivity index (χ3v) is 4.32. The lowest BCUT2D eigenvalue weighted by Crippen LogP contribution is -2.49. The van der Waals surface area contributed by atoms with Gasteiger partial charge in [-0.25, -0.2) is 0 Å². The summed E-state index contributed by atoms with van der Waals surface area (Å²) in [6.07, 6.45) is 0.392. The number of rotatable bonds is 4. The van der Waals surface area contributed by atoms with Crippen LogP contribution in [-0.2, 0) is 14.3 Å². The highest BCUT2D eigenvalue weighted by Gasteiger charge is 2.22. The van der Waals surface area contributed by atoms with Crippen LogP contribution in [0.25, 0.3) is 0 Å². The fraction of sp³-hybridized carbons (Fsp3) is 0.529. The predicted molar refractivity (Wildman–Crippen MR) is 86.0 cm³/mol. The minimum Gasteiger partial charge on any atom is -0.469 e. The van der Waals surface area contributed by atoms with E-state index in [2.05, 4.69) is 41.7 Å². The summed E-state index contributed by atoms with van der Waals surface area (Å²) in [7, 11) is 1.34. The van der Waals surface area contributed by atoms with Crippen LogP contribution >= 0.6 is 0 Å². The number of hydrogen-bond acceptors (Lipinski definition) is 4. The lowest BCUT2D eigenvalue weighted by atomic mass is 10.1. The van der Waals surface area contributed by atoms with E-state index in [1.54, 1.807) is 0 Å². The quantitative estimate of drug-likeness (QED) is 0.797. The number of aryl methyl sites for hydroxylation is 1. The highest BCUT2D eigenvalue weighted by molar-refractivity contribution is 5.81. The van der Waals surface area contributed by atoms with E-state index in [-0.39, 0.29) is 24.7 Å². The van der Waals surface area contributed by atoms with Crippen molar-refractivity contribution in [2.24, 2.45) is 0 Å². The largest absolute Gasteiger partial charge is 0.469 e. The van der Waals surface area contributed by atoms with Crippen LogP contribution in [-0.4, -0.2) is 50.1 Å². The highest BCUT2D eigenvalue weighted by Crippen LogP contribution is 2.24. The summed E-state index contributed by atoms with van der Waals surface area (Å²) < 4.78 is 4.57. The second-order valence-electron chi connectivity index (χ2n) is 5.66. The van der Waals surface area contributed by atoms with Crippen LogP contribution in [0.2, 0.25) is 0 Å². The molecule has 120 valence electrons. The molecule has 1 aromatic carbocycles. The molecule has 0 unspecified atom stereocenters. The Morgan fingerprint density at radius 2 is 1.77 bits per heavy atom. The van der Waals surface area contributed by atoms with Crippen LogP contribution in [0.5, 0.6) is 0 Å². The second kappa shape index (κ2) is 7.29. The van der Waals surface area contributed by atoms with Gasteiger partial charge in [-0.05, 0) is 31.0 Å². The molecule has 5 nitrogen and oxygen atoms in total. The molecule has 0 N–H and O–H groups in total. The molecule has 1 amide bonds. The van der Waals surface area contributed by atoms with Gasteiger partial charge in [0.15, 0.2) is 0 Å². The summed E-state index contributed by atoms with van der Waals surface area (Å²) in [5.41, 5.74) is 3.84. The van der Waals surface area contributed by atoms with Gasteiger partial charge in [-0.15, -0.1) is 0 Å². The standard InChI is InChI=1S/C17H24N2O3/c1-13-5-4-6-15(14(13)2)18-9-11-19(12-10-18)16(20)7-8-17(21)22-3/h4-6H,7-12H2,1-3H3.